The van der Waals surface area contributed by atoms with Crippen molar-refractivity contribution in [3.63, 3.8) is 0 Å². The van der Waals surface area contributed by atoms with Crippen molar-refractivity contribution in [3.8, 4) is 0 Å². The number of carbonyl (C=O) groups is 1. The third-order valence-electron chi connectivity index (χ3n) is 3.86. The van der Waals surface area contributed by atoms with Crippen LogP contribution in [0.5, 0.6) is 0 Å². The molecule has 0 heterocycles. The van der Waals surface area contributed by atoms with E-state index in [2.05, 4.69) is 15.2 Å². The van der Waals surface area contributed by atoms with Crippen LogP contribution in [0.25, 0.3) is 0 Å². The Bertz CT molecular complexity index is 1200. The van der Waals surface area contributed by atoms with E-state index in [9.17, 15) is 17.6 Å². The zero-order chi connectivity index (χ0) is 21.7. The highest BCUT2D eigenvalue weighted by atomic mass is 35.5. The Balaban J connectivity index is 1.75. The molecule has 0 saturated heterocycles. The number of hydrogen-bond acceptors (Lipinski definition) is 4. The summed E-state index contributed by atoms with van der Waals surface area (Å²) in [6.07, 6.45) is 1.07. The monoisotopic (exact) mass is 465 g/mol. The van der Waals surface area contributed by atoms with Crippen molar-refractivity contribution in [2.45, 2.75) is 4.90 Å². The van der Waals surface area contributed by atoms with Gasteiger partial charge in [-0.15, -0.1) is 0 Å². The second-order valence-corrected chi connectivity index (χ2v) is 8.50. The zero-order valence-corrected chi connectivity index (χ0v) is 17.5. The molecule has 10 heteroatoms. The predicted octanol–water partition coefficient (Wildman–Crippen LogP) is 4.70. The van der Waals surface area contributed by atoms with Crippen molar-refractivity contribution >= 4 is 51.0 Å². The number of sulfonamides is 1. The molecule has 2 N–H and O–H groups in total. The lowest BCUT2D eigenvalue weighted by Crippen LogP contribution is -2.19. The summed E-state index contributed by atoms with van der Waals surface area (Å²) >= 11 is 11.7. The van der Waals surface area contributed by atoms with Gasteiger partial charge in [0.15, 0.2) is 0 Å². The van der Waals surface area contributed by atoms with Crippen LogP contribution >= 0.6 is 23.2 Å². The molecule has 0 saturated carbocycles. The van der Waals surface area contributed by atoms with E-state index in [0.717, 1.165) is 6.21 Å². The number of nitrogens with one attached hydrogen (secondary N) is 2. The van der Waals surface area contributed by atoms with Gasteiger partial charge in [-0.1, -0.05) is 35.3 Å². The van der Waals surface area contributed by atoms with Crippen LogP contribution in [-0.2, 0) is 10.0 Å². The zero-order valence-electron chi connectivity index (χ0n) is 15.1. The molecule has 1 amide bonds. The van der Waals surface area contributed by atoms with Crippen molar-refractivity contribution < 1.29 is 17.6 Å². The number of hydrazone groups is 1. The van der Waals surface area contributed by atoms with E-state index >= 15 is 0 Å². The maximum absolute atomic E-state index is 13.7. The van der Waals surface area contributed by atoms with Crippen molar-refractivity contribution in [1.29, 1.82) is 0 Å². The molecule has 0 radical (unpaired) electrons. The van der Waals surface area contributed by atoms with Gasteiger partial charge in [0.25, 0.3) is 15.9 Å². The standard InChI is InChI=1S/C20H14Cl2FN3O3S/c21-14-7-9-15(10-8-14)26-30(28,29)16-4-1-3-13(11-16)20(27)25-24-12-17-18(22)5-2-6-19(17)23/h1-12,26H,(H,25,27)/b24-12+. The molecule has 0 aliphatic rings. The summed E-state index contributed by atoms with van der Waals surface area (Å²) in [5, 5.41) is 4.28. The van der Waals surface area contributed by atoms with Gasteiger partial charge in [-0.3, -0.25) is 9.52 Å². The second kappa shape index (κ2) is 9.25. The minimum atomic E-state index is -3.94. The molecule has 3 rings (SSSR count). The molecule has 0 unspecified atom stereocenters. The maximum atomic E-state index is 13.7. The molecule has 6 nitrogen and oxygen atoms in total. The summed E-state index contributed by atoms with van der Waals surface area (Å²) in [6, 6.07) is 15.6. The molecule has 154 valence electrons. The summed E-state index contributed by atoms with van der Waals surface area (Å²) in [7, 11) is -3.94. The van der Waals surface area contributed by atoms with E-state index in [0.29, 0.717) is 10.7 Å². The van der Waals surface area contributed by atoms with Crippen LogP contribution in [0.2, 0.25) is 10.0 Å². The van der Waals surface area contributed by atoms with E-state index in [-0.39, 0.29) is 21.0 Å². The maximum Gasteiger partial charge on any atom is 0.271 e. The third-order valence-corrected chi connectivity index (χ3v) is 5.82. The van der Waals surface area contributed by atoms with Crippen LogP contribution < -0.4 is 10.1 Å². The third kappa shape index (κ3) is 5.35. The summed E-state index contributed by atoms with van der Waals surface area (Å²) in [5.41, 5.74) is 2.60. The highest BCUT2D eigenvalue weighted by molar-refractivity contribution is 7.92. The summed E-state index contributed by atoms with van der Waals surface area (Å²) in [4.78, 5) is 12.2. The molecule has 0 spiro atoms. The van der Waals surface area contributed by atoms with Gasteiger partial charge in [0.05, 0.1) is 16.1 Å². The molecular weight excluding hydrogens is 452 g/mol. The van der Waals surface area contributed by atoms with Gasteiger partial charge in [0, 0.05) is 21.8 Å². The number of hydrogen-bond donors (Lipinski definition) is 2. The first kappa shape index (κ1) is 21.8. The Morgan fingerprint density at radius 1 is 1.00 bits per heavy atom. The Morgan fingerprint density at radius 3 is 2.40 bits per heavy atom. The number of rotatable bonds is 6. The van der Waals surface area contributed by atoms with Crippen LogP contribution in [0.4, 0.5) is 10.1 Å². The normalized spacial score (nSPS) is 11.4. The van der Waals surface area contributed by atoms with Crippen LogP contribution in [0.15, 0.2) is 76.7 Å². The molecule has 0 aromatic heterocycles. The predicted molar refractivity (Wildman–Crippen MR) is 115 cm³/mol. The molecule has 3 aromatic carbocycles. The SMILES string of the molecule is O=C(N/N=C/c1c(F)cccc1Cl)c1cccc(S(=O)(=O)Nc2ccc(Cl)cc2)c1. The van der Waals surface area contributed by atoms with E-state index in [1.54, 1.807) is 12.1 Å². The van der Waals surface area contributed by atoms with Gasteiger partial charge < -0.3 is 0 Å². The fourth-order valence-electron chi connectivity index (χ4n) is 2.39. The first-order chi connectivity index (χ1) is 14.3. The van der Waals surface area contributed by atoms with Crippen molar-refractivity contribution in [2.75, 3.05) is 4.72 Å². The minimum Gasteiger partial charge on any atom is -0.280 e. The highest BCUT2D eigenvalue weighted by Gasteiger charge is 2.16. The van der Waals surface area contributed by atoms with Crippen LogP contribution in [0.3, 0.4) is 0 Å². The Kier molecular flexibility index (Phi) is 6.71. The summed E-state index contributed by atoms with van der Waals surface area (Å²) in [5.74, 6) is -1.27. The van der Waals surface area contributed by atoms with E-state index in [4.69, 9.17) is 23.2 Å². The first-order valence-electron chi connectivity index (χ1n) is 8.42. The molecular formula is C20H14Cl2FN3O3S. The number of amides is 1. The number of carbonyl (C=O) groups excluding carboxylic acids is 1. The lowest BCUT2D eigenvalue weighted by atomic mass is 10.2. The molecule has 0 fully saturated rings. The van der Waals surface area contributed by atoms with Gasteiger partial charge in [-0.2, -0.15) is 5.10 Å². The van der Waals surface area contributed by atoms with Gasteiger partial charge >= 0.3 is 0 Å². The van der Waals surface area contributed by atoms with Gasteiger partial charge in [-0.05, 0) is 54.6 Å². The lowest BCUT2D eigenvalue weighted by molar-refractivity contribution is 0.0955. The quantitative estimate of drug-likeness (QED) is 0.408. The van der Waals surface area contributed by atoms with E-state index < -0.39 is 21.7 Å². The molecule has 0 aliphatic carbocycles. The van der Waals surface area contributed by atoms with Crippen LogP contribution in [-0.4, -0.2) is 20.5 Å². The van der Waals surface area contributed by atoms with Gasteiger partial charge in [0.1, 0.15) is 5.82 Å². The highest BCUT2D eigenvalue weighted by Crippen LogP contribution is 2.19. The molecule has 0 bridgehead atoms. The van der Waals surface area contributed by atoms with Crippen molar-refractivity contribution in [1.82, 2.24) is 5.43 Å². The van der Waals surface area contributed by atoms with Crippen LogP contribution in [0, 0.1) is 5.82 Å². The molecule has 3 aromatic rings. The largest absolute Gasteiger partial charge is 0.280 e. The first-order valence-corrected chi connectivity index (χ1v) is 10.7. The average molecular weight is 466 g/mol. The molecule has 0 atom stereocenters. The number of benzene rings is 3. The minimum absolute atomic E-state index is 0.0166. The Hall–Kier alpha value is -2.94. The molecule has 30 heavy (non-hydrogen) atoms. The summed E-state index contributed by atoms with van der Waals surface area (Å²) in [6.45, 7) is 0. The number of halogens is 3. The summed E-state index contributed by atoms with van der Waals surface area (Å²) < 4.78 is 41.3. The van der Waals surface area contributed by atoms with Gasteiger partial charge in [0.2, 0.25) is 0 Å². The van der Waals surface area contributed by atoms with Crippen molar-refractivity contribution in [3.05, 3.63) is 93.7 Å². The lowest BCUT2D eigenvalue weighted by Gasteiger charge is -2.09. The Morgan fingerprint density at radius 2 is 1.70 bits per heavy atom. The van der Waals surface area contributed by atoms with Crippen molar-refractivity contribution in [2.24, 2.45) is 5.10 Å². The van der Waals surface area contributed by atoms with Crippen LogP contribution in [0.1, 0.15) is 15.9 Å². The average Bonchev–Trinajstić information content (AvgIpc) is 2.72. The van der Waals surface area contributed by atoms with Gasteiger partial charge in [-0.25, -0.2) is 18.2 Å². The smallest absolute Gasteiger partial charge is 0.271 e. The fourth-order valence-corrected chi connectivity index (χ4v) is 3.83. The topological polar surface area (TPSA) is 87.6 Å². The number of nitrogens with zero attached hydrogens (tertiary/aromatic N) is 1. The van der Waals surface area contributed by atoms with E-state index in [1.165, 1.54) is 54.6 Å². The Labute approximate surface area is 182 Å². The fraction of sp³-hybridized carbons (Fsp3) is 0. The molecule has 0 aliphatic heterocycles. The number of anilines is 1. The van der Waals surface area contributed by atoms with E-state index in [1.807, 2.05) is 0 Å². The second-order valence-electron chi connectivity index (χ2n) is 5.97.